The normalized spacial score (nSPS) is 22.6. The number of carbonyl (C=O) groups excluding carboxylic acids is 1. The van der Waals surface area contributed by atoms with Gasteiger partial charge >= 0.3 is 6.09 Å². The summed E-state index contributed by atoms with van der Waals surface area (Å²) in [7, 11) is 1.45. The van der Waals surface area contributed by atoms with E-state index in [0.29, 0.717) is 36.4 Å². The van der Waals surface area contributed by atoms with Crippen LogP contribution in [-0.2, 0) is 9.47 Å². The minimum absolute atomic E-state index is 0.0291. The number of halogens is 1. The average Bonchev–Trinajstić information content (AvgIpc) is 2.78. The third-order valence-corrected chi connectivity index (χ3v) is 5.74. The number of aliphatic imine (C=N–C) groups is 1. The summed E-state index contributed by atoms with van der Waals surface area (Å²) in [6.07, 6.45) is 1.32. The Labute approximate surface area is 186 Å². The number of benzene rings is 1. The van der Waals surface area contributed by atoms with Crippen LogP contribution in [0.25, 0.3) is 11.1 Å². The minimum atomic E-state index is -0.557. The number of pyridine rings is 1. The number of methoxy groups -OCH3 is 1. The molecule has 4 rings (SSSR count). The number of ether oxygens (including phenoxy) is 3. The van der Waals surface area contributed by atoms with E-state index in [9.17, 15) is 9.18 Å². The molecule has 0 spiro atoms. The molecule has 1 aromatic carbocycles. The van der Waals surface area contributed by atoms with Crippen molar-refractivity contribution in [2.75, 3.05) is 20.2 Å². The average molecular weight is 442 g/mol. The molecule has 1 fully saturated rings. The highest BCUT2D eigenvalue weighted by Gasteiger charge is 2.43. The zero-order valence-electron chi connectivity index (χ0n) is 18.3. The van der Waals surface area contributed by atoms with Gasteiger partial charge in [0.2, 0.25) is 5.95 Å². The SMILES string of the molecule is COC(N)=NC1c2cc(-c3cccnc3F)ccc2OC2CCN(C(=O)OC(C)C)CC21. The van der Waals surface area contributed by atoms with Crippen molar-refractivity contribution in [3.05, 3.63) is 48.0 Å². The number of piperidine rings is 1. The van der Waals surface area contributed by atoms with Gasteiger partial charge < -0.3 is 24.8 Å². The summed E-state index contributed by atoms with van der Waals surface area (Å²) in [5.74, 6) is -0.0624. The highest BCUT2D eigenvalue weighted by Crippen LogP contribution is 2.45. The number of hydrogen-bond acceptors (Lipinski definition) is 6. The number of amides is 1. The number of fused-ring (bicyclic) bond motifs is 2. The maximum absolute atomic E-state index is 14.3. The van der Waals surface area contributed by atoms with Gasteiger partial charge in [0.1, 0.15) is 11.9 Å². The van der Waals surface area contributed by atoms with Gasteiger partial charge in [-0.3, -0.25) is 0 Å². The number of rotatable bonds is 3. The van der Waals surface area contributed by atoms with Crippen LogP contribution in [0.4, 0.5) is 9.18 Å². The third kappa shape index (κ3) is 4.32. The molecule has 1 saturated heterocycles. The van der Waals surface area contributed by atoms with Crippen LogP contribution in [-0.4, -0.2) is 54.4 Å². The second-order valence-corrected chi connectivity index (χ2v) is 8.20. The van der Waals surface area contributed by atoms with Gasteiger partial charge in [-0.15, -0.1) is 0 Å². The van der Waals surface area contributed by atoms with Crippen molar-refractivity contribution in [2.45, 2.75) is 38.5 Å². The molecule has 170 valence electrons. The largest absolute Gasteiger partial charge is 0.490 e. The first-order valence-corrected chi connectivity index (χ1v) is 10.6. The second kappa shape index (κ2) is 9.02. The Kier molecular flexibility index (Phi) is 6.16. The molecule has 2 aromatic rings. The Morgan fingerprint density at radius 1 is 1.38 bits per heavy atom. The first kappa shape index (κ1) is 21.9. The molecule has 8 nitrogen and oxygen atoms in total. The molecule has 0 saturated carbocycles. The van der Waals surface area contributed by atoms with Crippen molar-refractivity contribution < 1.29 is 23.4 Å². The van der Waals surface area contributed by atoms with Gasteiger partial charge in [0.15, 0.2) is 0 Å². The molecule has 2 aliphatic rings. The lowest BCUT2D eigenvalue weighted by Gasteiger charge is -2.44. The maximum atomic E-state index is 14.3. The summed E-state index contributed by atoms with van der Waals surface area (Å²) < 4.78 is 31.1. The third-order valence-electron chi connectivity index (χ3n) is 5.74. The number of nitrogens with zero attached hydrogens (tertiary/aromatic N) is 3. The molecule has 9 heteroatoms. The molecule has 0 aliphatic carbocycles. The van der Waals surface area contributed by atoms with E-state index in [1.54, 1.807) is 23.1 Å². The molecule has 3 unspecified atom stereocenters. The Hall–Kier alpha value is -3.36. The molecular formula is C23H27FN4O4. The lowest BCUT2D eigenvalue weighted by atomic mass is 9.81. The van der Waals surface area contributed by atoms with E-state index in [4.69, 9.17) is 19.9 Å². The minimum Gasteiger partial charge on any atom is -0.490 e. The van der Waals surface area contributed by atoms with E-state index < -0.39 is 12.0 Å². The van der Waals surface area contributed by atoms with Gasteiger partial charge in [-0.2, -0.15) is 4.39 Å². The van der Waals surface area contributed by atoms with E-state index in [2.05, 4.69) is 9.98 Å². The lowest BCUT2D eigenvalue weighted by molar-refractivity contribution is 0.00556. The van der Waals surface area contributed by atoms with Crippen LogP contribution in [0.5, 0.6) is 5.75 Å². The van der Waals surface area contributed by atoms with Crippen molar-refractivity contribution in [2.24, 2.45) is 16.6 Å². The zero-order chi connectivity index (χ0) is 22.8. The van der Waals surface area contributed by atoms with Crippen LogP contribution < -0.4 is 10.5 Å². The molecule has 1 amide bonds. The summed E-state index contributed by atoms with van der Waals surface area (Å²) in [6, 6.07) is 8.41. The van der Waals surface area contributed by atoms with E-state index in [1.807, 2.05) is 26.0 Å². The van der Waals surface area contributed by atoms with Crippen LogP contribution in [0.3, 0.4) is 0 Å². The number of amidine groups is 1. The van der Waals surface area contributed by atoms with Crippen molar-refractivity contribution >= 4 is 12.1 Å². The molecule has 2 aliphatic heterocycles. The molecule has 0 radical (unpaired) electrons. The summed E-state index contributed by atoms with van der Waals surface area (Å²) in [5.41, 5.74) is 7.72. The van der Waals surface area contributed by atoms with Crippen molar-refractivity contribution in [1.82, 2.24) is 9.88 Å². The summed E-state index contributed by atoms with van der Waals surface area (Å²) in [4.78, 5) is 22.5. The summed E-state index contributed by atoms with van der Waals surface area (Å²) >= 11 is 0. The smallest absolute Gasteiger partial charge is 0.410 e. The fourth-order valence-electron chi connectivity index (χ4n) is 4.26. The summed E-state index contributed by atoms with van der Waals surface area (Å²) in [5, 5.41) is 0. The molecule has 3 heterocycles. The van der Waals surface area contributed by atoms with Gasteiger partial charge in [-0.05, 0) is 43.7 Å². The van der Waals surface area contributed by atoms with Crippen molar-refractivity contribution in [1.29, 1.82) is 0 Å². The first-order valence-electron chi connectivity index (χ1n) is 10.6. The monoisotopic (exact) mass is 442 g/mol. The standard InChI is InChI=1S/C23H27FN4O4/c1-13(2)31-23(29)28-10-8-19-17(12-28)20(27-22(25)30-3)16-11-14(6-7-18(16)32-19)15-5-4-9-26-21(15)24/h4-7,9,11,13,17,19-20H,8,10,12H2,1-3H3,(H2,25,27). The van der Waals surface area contributed by atoms with Crippen molar-refractivity contribution in [3.8, 4) is 16.9 Å². The predicted octanol–water partition coefficient (Wildman–Crippen LogP) is 3.52. The number of likely N-dealkylation sites (tertiary alicyclic amines) is 1. The van der Waals surface area contributed by atoms with Gasteiger partial charge in [0.05, 0.1) is 19.3 Å². The number of carbonyl (C=O) groups is 1. The fourth-order valence-corrected chi connectivity index (χ4v) is 4.26. The topological polar surface area (TPSA) is 99.3 Å². The second-order valence-electron chi connectivity index (χ2n) is 8.20. The van der Waals surface area contributed by atoms with E-state index in [-0.39, 0.29) is 30.2 Å². The van der Waals surface area contributed by atoms with E-state index in [0.717, 1.165) is 5.56 Å². The van der Waals surface area contributed by atoms with Crippen LogP contribution in [0.15, 0.2) is 41.5 Å². The van der Waals surface area contributed by atoms with Crippen LogP contribution in [0.2, 0.25) is 0 Å². The highest BCUT2D eigenvalue weighted by atomic mass is 19.1. The number of nitrogens with two attached hydrogens (primary N) is 1. The van der Waals surface area contributed by atoms with Crippen LogP contribution in [0, 0.1) is 11.9 Å². The number of aromatic nitrogens is 1. The van der Waals surface area contributed by atoms with Crippen LogP contribution in [0.1, 0.15) is 31.9 Å². The quantitative estimate of drug-likeness (QED) is 0.444. The van der Waals surface area contributed by atoms with Crippen molar-refractivity contribution in [3.63, 3.8) is 0 Å². The Morgan fingerprint density at radius 2 is 2.19 bits per heavy atom. The Balaban J connectivity index is 1.72. The zero-order valence-corrected chi connectivity index (χ0v) is 18.3. The highest BCUT2D eigenvalue weighted by molar-refractivity contribution is 5.72. The van der Waals surface area contributed by atoms with E-state index >= 15 is 0 Å². The molecule has 0 bridgehead atoms. The fraction of sp³-hybridized carbons (Fsp3) is 0.435. The van der Waals surface area contributed by atoms with Crippen LogP contribution >= 0.6 is 0 Å². The predicted molar refractivity (Wildman–Crippen MR) is 117 cm³/mol. The molecule has 2 N–H and O–H groups in total. The molecule has 1 aromatic heterocycles. The van der Waals surface area contributed by atoms with Gasteiger partial charge in [-0.1, -0.05) is 6.07 Å². The van der Waals surface area contributed by atoms with E-state index in [1.165, 1.54) is 13.3 Å². The first-order chi connectivity index (χ1) is 15.4. The summed E-state index contributed by atoms with van der Waals surface area (Å²) in [6.45, 7) is 4.55. The van der Waals surface area contributed by atoms with Gasteiger partial charge in [-0.25, -0.2) is 14.8 Å². The number of hydrogen-bond donors (Lipinski definition) is 1. The van der Waals surface area contributed by atoms with Gasteiger partial charge in [0, 0.05) is 42.8 Å². The Morgan fingerprint density at radius 3 is 2.91 bits per heavy atom. The Bertz CT molecular complexity index is 1030. The lowest BCUT2D eigenvalue weighted by Crippen LogP contribution is -2.51. The van der Waals surface area contributed by atoms with Gasteiger partial charge in [0.25, 0.3) is 6.02 Å². The maximum Gasteiger partial charge on any atom is 0.410 e. The molecular weight excluding hydrogens is 415 g/mol. The molecule has 32 heavy (non-hydrogen) atoms. The molecule has 3 atom stereocenters.